The third-order valence-electron chi connectivity index (χ3n) is 5.14. The second-order valence-corrected chi connectivity index (χ2v) is 7.83. The van der Waals surface area contributed by atoms with Crippen molar-refractivity contribution in [2.45, 2.75) is 37.6 Å². The molecule has 0 bridgehead atoms. The number of amides is 2. The number of nitrogens with zero attached hydrogens (tertiary/aromatic N) is 2. The van der Waals surface area contributed by atoms with Crippen LogP contribution in [0.1, 0.15) is 42.5 Å². The van der Waals surface area contributed by atoms with Crippen LogP contribution in [0.25, 0.3) is 0 Å². The third-order valence-corrected chi connectivity index (χ3v) is 5.57. The lowest BCUT2D eigenvalue weighted by Crippen LogP contribution is -2.60. The van der Waals surface area contributed by atoms with E-state index in [9.17, 15) is 9.59 Å². The third kappa shape index (κ3) is 4.10. The molecule has 1 heterocycles. The zero-order valence-corrected chi connectivity index (χ0v) is 15.7. The standard InChI is InChI=1S/C18H23Cl2N3O2/c19-14-10-13(11-15(20)12-14)16(24)22-6-8-23(9-7-22)17(25)18(21)4-2-1-3-5-18/h10-12H,1-9,21H2. The Labute approximate surface area is 158 Å². The second kappa shape index (κ2) is 7.52. The lowest BCUT2D eigenvalue weighted by Gasteiger charge is -2.41. The second-order valence-electron chi connectivity index (χ2n) is 6.96. The van der Waals surface area contributed by atoms with Crippen LogP contribution in [0.15, 0.2) is 18.2 Å². The van der Waals surface area contributed by atoms with E-state index >= 15 is 0 Å². The first-order chi connectivity index (χ1) is 11.9. The zero-order chi connectivity index (χ0) is 18.0. The van der Waals surface area contributed by atoms with E-state index in [0.717, 1.165) is 32.1 Å². The summed E-state index contributed by atoms with van der Waals surface area (Å²) >= 11 is 12.0. The van der Waals surface area contributed by atoms with E-state index in [4.69, 9.17) is 28.9 Å². The Kier molecular flexibility index (Phi) is 5.56. The van der Waals surface area contributed by atoms with Crippen LogP contribution in [-0.4, -0.2) is 53.3 Å². The summed E-state index contributed by atoms with van der Waals surface area (Å²) < 4.78 is 0. The molecule has 1 aromatic rings. The van der Waals surface area contributed by atoms with E-state index in [0.29, 0.717) is 41.8 Å². The molecule has 0 atom stereocenters. The molecule has 2 N–H and O–H groups in total. The molecule has 0 spiro atoms. The maximum Gasteiger partial charge on any atom is 0.254 e. The Morgan fingerprint density at radius 2 is 1.40 bits per heavy atom. The van der Waals surface area contributed by atoms with Crippen LogP contribution in [0.5, 0.6) is 0 Å². The van der Waals surface area contributed by atoms with Crippen molar-refractivity contribution in [1.29, 1.82) is 0 Å². The van der Waals surface area contributed by atoms with Crippen molar-refractivity contribution in [1.82, 2.24) is 9.80 Å². The number of benzene rings is 1. The maximum atomic E-state index is 12.8. The van der Waals surface area contributed by atoms with Gasteiger partial charge in [0.05, 0.1) is 5.54 Å². The summed E-state index contributed by atoms with van der Waals surface area (Å²) in [7, 11) is 0. The van der Waals surface area contributed by atoms with Gasteiger partial charge in [-0.1, -0.05) is 42.5 Å². The highest BCUT2D eigenvalue weighted by Gasteiger charge is 2.39. The van der Waals surface area contributed by atoms with Gasteiger partial charge in [-0.2, -0.15) is 0 Å². The first kappa shape index (κ1) is 18.5. The summed E-state index contributed by atoms with van der Waals surface area (Å²) in [4.78, 5) is 28.9. The minimum absolute atomic E-state index is 0.0325. The summed E-state index contributed by atoms with van der Waals surface area (Å²) in [6, 6.07) is 4.83. The van der Waals surface area contributed by atoms with Crippen molar-refractivity contribution >= 4 is 35.0 Å². The van der Waals surface area contributed by atoms with Crippen LogP contribution >= 0.6 is 23.2 Å². The fraction of sp³-hybridized carbons (Fsp3) is 0.556. The normalized spacial score (nSPS) is 20.4. The number of rotatable bonds is 2. The summed E-state index contributed by atoms with van der Waals surface area (Å²) in [6.07, 6.45) is 4.68. The van der Waals surface area contributed by atoms with Crippen LogP contribution < -0.4 is 5.73 Å². The highest BCUT2D eigenvalue weighted by molar-refractivity contribution is 6.35. The van der Waals surface area contributed by atoms with Crippen molar-refractivity contribution in [3.63, 3.8) is 0 Å². The molecule has 136 valence electrons. The van der Waals surface area contributed by atoms with Gasteiger partial charge in [-0.3, -0.25) is 9.59 Å². The van der Waals surface area contributed by atoms with E-state index in [2.05, 4.69) is 0 Å². The molecule has 3 rings (SSSR count). The van der Waals surface area contributed by atoms with E-state index < -0.39 is 5.54 Å². The zero-order valence-electron chi connectivity index (χ0n) is 14.1. The Bertz CT molecular complexity index is 646. The monoisotopic (exact) mass is 383 g/mol. The number of hydrogen-bond donors (Lipinski definition) is 1. The van der Waals surface area contributed by atoms with Gasteiger partial charge in [0.25, 0.3) is 5.91 Å². The van der Waals surface area contributed by atoms with Crippen molar-refractivity contribution in [3.8, 4) is 0 Å². The van der Waals surface area contributed by atoms with Crippen LogP contribution in [0.3, 0.4) is 0 Å². The molecule has 7 heteroatoms. The molecule has 1 aliphatic heterocycles. The van der Waals surface area contributed by atoms with Crippen LogP contribution in [-0.2, 0) is 4.79 Å². The highest BCUT2D eigenvalue weighted by Crippen LogP contribution is 2.28. The maximum absolute atomic E-state index is 12.8. The van der Waals surface area contributed by atoms with Crippen LogP contribution in [0.4, 0.5) is 0 Å². The molecule has 1 saturated carbocycles. The molecular weight excluding hydrogens is 361 g/mol. The molecular formula is C18H23Cl2N3O2. The highest BCUT2D eigenvalue weighted by atomic mass is 35.5. The fourth-order valence-corrected chi connectivity index (χ4v) is 4.21. The van der Waals surface area contributed by atoms with Gasteiger partial charge in [0.1, 0.15) is 0 Å². The van der Waals surface area contributed by atoms with Crippen LogP contribution in [0.2, 0.25) is 10.0 Å². The number of carbonyl (C=O) groups excluding carboxylic acids is 2. The molecule has 2 aliphatic rings. The molecule has 0 unspecified atom stereocenters. The predicted molar refractivity (Wildman–Crippen MR) is 98.9 cm³/mol. The fourth-order valence-electron chi connectivity index (χ4n) is 3.68. The van der Waals surface area contributed by atoms with Crippen molar-refractivity contribution in [2.24, 2.45) is 5.73 Å². The first-order valence-electron chi connectivity index (χ1n) is 8.73. The number of carbonyl (C=O) groups is 2. The van der Waals surface area contributed by atoms with Gasteiger partial charge in [-0.05, 0) is 31.0 Å². The van der Waals surface area contributed by atoms with Crippen LogP contribution in [0, 0.1) is 0 Å². The Morgan fingerprint density at radius 3 is 1.96 bits per heavy atom. The van der Waals surface area contributed by atoms with E-state index in [1.807, 2.05) is 0 Å². The Hall–Kier alpha value is -1.30. The van der Waals surface area contributed by atoms with E-state index in [1.165, 1.54) is 0 Å². The molecule has 25 heavy (non-hydrogen) atoms. The van der Waals surface area contributed by atoms with Gasteiger partial charge >= 0.3 is 0 Å². The number of hydrogen-bond acceptors (Lipinski definition) is 3. The van der Waals surface area contributed by atoms with Crippen molar-refractivity contribution in [3.05, 3.63) is 33.8 Å². The number of halogens is 2. The van der Waals surface area contributed by atoms with Gasteiger partial charge < -0.3 is 15.5 Å². The topological polar surface area (TPSA) is 66.6 Å². The van der Waals surface area contributed by atoms with E-state index in [-0.39, 0.29) is 11.8 Å². The molecule has 5 nitrogen and oxygen atoms in total. The van der Waals surface area contributed by atoms with Gasteiger partial charge in [0, 0.05) is 41.8 Å². The molecule has 1 aliphatic carbocycles. The number of piperazine rings is 1. The first-order valence-corrected chi connectivity index (χ1v) is 9.48. The molecule has 2 amide bonds. The average molecular weight is 384 g/mol. The summed E-state index contributed by atoms with van der Waals surface area (Å²) in [5.74, 6) is -0.0817. The lowest BCUT2D eigenvalue weighted by atomic mass is 9.81. The number of nitrogens with two attached hydrogens (primary N) is 1. The SMILES string of the molecule is NC1(C(=O)N2CCN(C(=O)c3cc(Cl)cc(Cl)c3)CC2)CCCCC1. The summed E-state index contributed by atoms with van der Waals surface area (Å²) in [5, 5.41) is 0.874. The Morgan fingerprint density at radius 1 is 0.880 bits per heavy atom. The molecule has 0 aromatic heterocycles. The minimum atomic E-state index is -0.717. The van der Waals surface area contributed by atoms with Gasteiger partial charge in [-0.15, -0.1) is 0 Å². The largest absolute Gasteiger partial charge is 0.338 e. The smallest absolute Gasteiger partial charge is 0.254 e. The van der Waals surface area contributed by atoms with E-state index in [1.54, 1.807) is 28.0 Å². The summed E-state index contributed by atoms with van der Waals surface area (Å²) in [6.45, 7) is 2.01. The van der Waals surface area contributed by atoms with Crippen molar-refractivity contribution < 1.29 is 9.59 Å². The molecule has 1 aromatic carbocycles. The minimum Gasteiger partial charge on any atom is -0.338 e. The van der Waals surface area contributed by atoms with Gasteiger partial charge in [-0.25, -0.2) is 0 Å². The molecule has 2 fully saturated rings. The Balaban J connectivity index is 1.61. The van der Waals surface area contributed by atoms with Gasteiger partial charge in [0.15, 0.2) is 0 Å². The average Bonchev–Trinajstić information content (AvgIpc) is 2.60. The van der Waals surface area contributed by atoms with Crippen molar-refractivity contribution in [2.75, 3.05) is 26.2 Å². The van der Waals surface area contributed by atoms with Gasteiger partial charge in [0.2, 0.25) is 5.91 Å². The summed E-state index contributed by atoms with van der Waals surface area (Å²) in [5.41, 5.74) is 6.11. The molecule has 1 saturated heterocycles. The predicted octanol–water partition coefficient (Wildman–Crippen LogP) is 2.94. The lowest BCUT2D eigenvalue weighted by molar-refractivity contribution is -0.139. The quantitative estimate of drug-likeness (QED) is 0.853. The molecule has 0 radical (unpaired) electrons.